The Kier molecular flexibility index (Phi) is 2.91. The summed E-state index contributed by atoms with van der Waals surface area (Å²) in [7, 11) is 0. The third-order valence-electron chi connectivity index (χ3n) is 4.32. The van der Waals surface area contributed by atoms with E-state index in [0.717, 1.165) is 18.7 Å². The second kappa shape index (κ2) is 4.77. The van der Waals surface area contributed by atoms with Gasteiger partial charge in [-0.1, -0.05) is 18.3 Å². The van der Waals surface area contributed by atoms with Crippen molar-refractivity contribution >= 4 is 12.2 Å². The van der Waals surface area contributed by atoms with Crippen LogP contribution in [0.15, 0.2) is 24.4 Å². The maximum absolute atomic E-state index is 5.35. The van der Waals surface area contributed by atoms with Crippen LogP contribution in [-0.2, 0) is 6.42 Å². The number of nitrogens with zero attached hydrogens (tertiary/aromatic N) is 2. The van der Waals surface area contributed by atoms with Gasteiger partial charge in [-0.3, -0.25) is 4.98 Å². The molecule has 20 heavy (non-hydrogen) atoms. The molecule has 2 aromatic rings. The molecule has 0 saturated heterocycles. The van der Waals surface area contributed by atoms with E-state index < -0.39 is 0 Å². The number of H-pyrrole nitrogens is 1. The largest absolute Gasteiger partial charge is 0.346 e. The van der Waals surface area contributed by atoms with Crippen molar-refractivity contribution in [3.8, 4) is 0 Å². The first kappa shape index (κ1) is 12.2. The zero-order chi connectivity index (χ0) is 13.5. The van der Waals surface area contributed by atoms with Crippen LogP contribution < -0.4 is 0 Å². The van der Waals surface area contributed by atoms with Crippen molar-refractivity contribution in [2.45, 2.75) is 43.9 Å². The minimum atomic E-state index is 0.349. The van der Waals surface area contributed by atoms with Crippen LogP contribution in [0.2, 0.25) is 0 Å². The number of aromatic nitrogens is 3. The van der Waals surface area contributed by atoms with Crippen molar-refractivity contribution in [1.29, 1.82) is 0 Å². The van der Waals surface area contributed by atoms with E-state index >= 15 is 0 Å². The summed E-state index contributed by atoms with van der Waals surface area (Å²) in [6, 6.07) is 6.26. The van der Waals surface area contributed by atoms with Crippen molar-refractivity contribution in [2.75, 3.05) is 0 Å². The fourth-order valence-corrected chi connectivity index (χ4v) is 3.37. The van der Waals surface area contributed by atoms with Crippen LogP contribution in [0.5, 0.6) is 0 Å². The lowest BCUT2D eigenvalue weighted by atomic mass is 9.84. The van der Waals surface area contributed by atoms with E-state index in [2.05, 4.69) is 21.0 Å². The molecule has 1 saturated carbocycles. The van der Waals surface area contributed by atoms with Crippen LogP contribution in [0.3, 0.4) is 0 Å². The van der Waals surface area contributed by atoms with Gasteiger partial charge >= 0.3 is 0 Å². The molecule has 0 spiro atoms. The van der Waals surface area contributed by atoms with E-state index in [0.29, 0.717) is 16.5 Å². The van der Waals surface area contributed by atoms with Gasteiger partial charge < -0.3 is 4.98 Å². The van der Waals surface area contributed by atoms with Crippen LogP contribution in [0.25, 0.3) is 0 Å². The van der Waals surface area contributed by atoms with Crippen LogP contribution in [0.4, 0.5) is 0 Å². The molecule has 0 aromatic carbocycles. The molecule has 1 fully saturated rings. The fraction of sp³-hybridized carbons (Fsp3) is 0.438. The van der Waals surface area contributed by atoms with Crippen molar-refractivity contribution in [3.05, 3.63) is 51.8 Å². The minimum Gasteiger partial charge on any atom is -0.346 e. The third-order valence-corrected chi connectivity index (χ3v) is 4.53. The van der Waals surface area contributed by atoms with Crippen LogP contribution in [-0.4, -0.2) is 15.0 Å². The maximum atomic E-state index is 5.35. The molecule has 4 heteroatoms. The van der Waals surface area contributed by atoms with E-state index in [-0.39, 0.29) is 0 Å². The number of hydrogen-bond acceptors (Lipinski definition) is 3. The molecule has 4 rings (SSSR count). The Bertz CT molecular complexity index is 703. The Balaban J connectivity index is 1.80. The summed E-state index contributed by atoms with van der Waals surface area (Å²) in [6.07, 6.45) is 7.87. The number of nitrogens with one attached hydrogen (secondary N) is 1. The lowest BCUT2D eigenvalue weighted by molar-refractivity contribution is 0.583. The van der Waals surface area contributed by atoms with Gasteiger partial charge in [-0.05, 0) is 49.8 Å². The number of pyridine rings is 1. The number of fused-ring (bicyclic) bond motifs is 1. The Morgan fingerprint density at radius 1 is 1.25 bits per heavy atom. The lowest BCUT2D eigenvalue weighted by Gasteiger charge is -2.24. The molecule has 2 aliphatic rings. The van der Waals surface area contributed by atoms with Gasteiger partial charge in [0.25, 0.3) is 0 Å². The first-order chi connectivity index (χ1) is 9.81. The van der Waals surface area contributed by atoms with E-state index in [1.54, 1.807) is 0 Å². The molecule has 2 heterocycles. The standard InChI is InChI=1S/C16H17N3S/c20-14-9-13(18-16(19-14)11-6-7-11)12-5-1-3-10-4-2-8-17-15(10)12/h2,4,8-9,11-12H,1,3,5-7H2,(H,18,19,20). The quantitative estimate of drug-likeness (QED) is 0.850. The average molecular weight is 283 g/mol. The van der Waals surface area contributed by atoms with Crippen LogP contribution in [0, 0.1) is 4.64 Å². The Hall–Kier alpha value is -1.55. The second-order valence-corrected chi connectivity index (χ2v) is 6.25. The van der Waals surface area contributed by atoms with Crippen LogP contribution in [0.1, 0.15) is 60.3 Å². The molecular weight excluding hydrogens is 266 g/mol. The molecule has 102 valence electrons. The normalized spacial score (nSPS) is 21.5. The van der Waals surface area contributed by atoms with E-state index in [1.165, 1.54) is 36.2 Å². The smallest absolute Gasteiger partial charge is 0.130 e. The highest BCUT2D eigenvalue weighted by atomic mass is 32.1. The highest BCUT2D eigenvalue weighted by Crippen LogP contribution is 2.39. The maximum Gasteiger partial charge on any atom is 0.130 e. The first-order valence-electron chi connectivity index (χ1n) is 7.36. The number of hydrogen-bond donors (Lipinski definition) is 1. The summed E-state index contributed by atoms with van der Waals surface area (Å²) in [5.41, 5.74) is 3.80. The monoisotopic (exact) mass is 283 g/mol. The van der Waals surface area contributed by atoms with Gasteiger partial charge in [0.1, 0.15) is 10.5 Å². The molecule has 0 aliphatic heterocycles. The first-order valence-corrected chi connectivity index (χ1v) is 7.77. The molecule has 0 bridgehead atoms. The van der Waals surface area contributed by atoms with Gasteiger partial charge in [0, 0.05) is 23.7 Å². The molecule has 0 amide bonds. The van der Waals surface area contributed by atoms with Gasteiger partial charge in [-0.25, -0.2) is 4.98 Å². The Morgan fingerprint density at radius 2 is 2.15 bits per heavy atom. The van der Waals surface area contributed by atoms with Crippen LogP contribution >= 0.6 is 12.2 Å². The highest BCUT2D eigenvalue weighted by molar-refractivity contribution is 7.71. The van der Waals surface area contributed by atoms with Gasteiger partial charge in [-0.2, -0.15) is 0 Å². The second-order valence-electron chi connectivity index (χ2n) is 5.83. The summed E-state index contributed by atoms with van der Waals surface area (Å²) in [6.45, 7) is 0. The van der Waals surface area contributed by atoms with E-state index in [1.807, 2.05) is 18.3 Å². The fourth-order valence-electron chi connectivity index (χ4n) is 3.15. The lowest BCUT2D eigenvalue weighted by Crippen LogP contribution is -2.15. The van der Waals surface area contributed by atoms with Crippen molar-refractivity contribution in [1.82, 2.24) is 15.0 Å². The van der Waals surface area contributed by atoms with Gasteiger partial charge in [-0.15, -0.1) is 0 Å². The predicted octanol–water partition coefficient (Wildman–Crippen LogP) is 3.88. The molecule has 1 unspecified atom stereocenters. The summed E-state index contributed by atoms with van der Waals surface area (Å²) >= 11 is 5.35. The SMILES string of the molecule is S=c1cc(C2CCCc3cccnc32)[nH]c(C2CC2)n1. The van der Waals surface area contributed by atoms with Crippen molar-refractivity contribution in [3.63, 3.8) is 0 Å². The van der Waals surface area contributed by atoms with Gasteiger partial charge in [0.2, 0.25) is 0 Å². The highest BCUT2D eigenvalue weighted by Gasteiger charge is 2.28. The molecular formula is C16H17N3S. The molecule has 3 nitrogen and oxygen atoms in total. The molecule has 1 N–H and O–H groups in total. The van der Waals surface area contributed by atoms with E-state index in [4.69, 9.17) is 12.2 Å². The summed E-state index contributed by atoms with van der Waals surface area (Å²) in [4.78, 5) is 12.6. The van der Waals surface area contributed by atoms with Gasteiger partial charge in [0.05, 0.1) is 5.69 Å². The topological polar surface area (TPSA) is 41.6 Å². The van der Waals surface area contributed by atoms with E-state index in [9.17, 15) is 0 Å². The number of aryl methyl sites for hydroxylation is 1. The summed E-state index contributed by atoms with van der Waals surface area (Å²) < 4.78 is 0.712. The third kappa shape index (κ3) is 2.18. The zero-order valence-corrected chi connectivity index (χ0v) is 12.1. The molecule has 2 aliphatic carbocycles. The minimum absolute atomic E-state index is 0.349. The Morgan fingerprint density at radius 3 is 3.00 bits per heavy atom. The molecule has 1 atom stereocenters. The zero-order valence-electron chi connectivity index (χ0n) is 11.3. The number of aromatic amines is 1. The number of rotatable bonds is 2. The molecule has 0 radical (unpaired) electrons. The van der Waals surface area contributed by atoms with Crippen molar-refractivity contribution in [2.24, 2.45) is 0 Å². The average Bonchev–Trinajstić information content (AvgIpc) is 3.30. The predicted molar refractivity (Wildman–Crippen MR) is 80.4 cm³/mol. The summed E-state index contributed by atoms with van der Waals surface area (Å²) in [5.74, 6) is 2.03. The summed E-state index contributed by atoms with van der Waals surface area (Å²) in [5, 5.41) is 0. The molecule has 2 aromatic heterocycles. The van der Waals surface area contributed by atoms with Gasteiger partial charge in [0.15, 0.2) is 0 Å². The van der Waals surface area contributed by atoms with Crippen molar-refractivity contribution < 1.29 is 0 Å². The Labute approximate surface area is 123 Å².